The number of aryl methyl sites for hydroxylation is 2. The minimum absolute atomic E-state index is 0.0226. The van der Waals surface area contributed by atoms with Crippen LogP contribution in [0, 0.1) is 13.8 Å². The second-order valence-electron chi connectivity index (χ2n) is 27.1. The van der Waals surface area contributed by atoms with Crippen molar-refractivity contribution in [2.24, 2.45) is 11.5 Å². The highest BCUT2D eigenvalue weighted by Crippen LogP contribution is 2.09. The number of hydrogen-bond acceptors (Lipinski definition) is 33. The van der Waals surface area contributed by atoms with Crippen LogP contribution in [-0.4, -0.2) is 324 Å². The van der Waals surface area contributed by atoms with Crippen LogP contribution in [-0.2, 0) is 111 Å². The van der Waals surface area contributed by atoms with E-state index in [0.717, 1.165) is 83.3 Å². The van der Waals surface area contributed by atoms with Gasteiger partial charge < -0.3 is 110 Å². The lowest BCUT2D eigenvalue weighted by molar-refractivity contribution is -0.138. The number of nitrogens with zero attached hydrogens (tertiary/aromatic N) is 17. The van der Waals surface area contributed by atoms with E-state index in [-0.39, 0.29) is 98.2 Å². The molecule has 0 saturated carbocycles. The quantitative estimate of drug-likeness (QED) is 0.0157. The molecule has 55 heteroatoms. The summed E-state index contributed by atoms with van der Waals surface area (Å²) in [5.41, 5.74) is 26.2. The van der Waals surface area contributed by atoms with Crippen LogP contribution >= 0.6 is 0 Å². The van der Waals surface area contributed by atoms with Crippen LogP contribution in [0.4, 0.5) is 23.4 Å². The molecule has 124 heavy (non-hydrogen) atoms. The Morgan fingerprint density at radius 1 is 0.387 bits per heavy atom. The Morgan fingerprint density at radius 3 is 1.02 bits per heavy atom. The first-order valence-corrected chi connectivity index (χ1v) is 37.6. The summed E-state index contributed by atoms with van der Waals surface area (Å²) in [6.07, 6.45) is 6.76. The molecule has 0 aliphatic heterocycles. The smallest absolute Gasteiger partial charge is 0.349 e. The predicted octanol–water partition coefficient (Wildman–Crippen LogP) is -14.9. The molecule has 13 amide bonds. The number of fused-ring (bicyclic) bond motifs is 1. The van der Waals surface area contributed by atoms with E-state index < -0.39 is 259 Å². The summed E-state index contributed by atoms with van der Waals surface area (Å²) in [4.78, 5) is 309. The second kappa shape index (κ2) is 46.8. The predicted molar refractivity (Wildman–Crippen MR) is 431 cm³/mol. The van der Waals surface area contributed by atoms with Crippen molar-refractivity contribution in [1.82, 2.24) is 129 Å². The van der Waals surface area contributed by atoms with E-state index in [0.29, 0.717) is 0 Å². The van der Waals surface area contributed by atoms with Gasteiger partial charge in [-0.25, -0.2) is 29.0 Å². The Balaban J connectivity index is 1.01. The molecule has 0 bridgehead atoms. The zero-order valence-corrected chi connectivity index (χ0v) is 67.2. The number of aromatic amines is 3. The molecule has 7 aromatic rings. The van der Waals surface area contributed by atoms with Gasteiger partial charge in [-0.05, 0) is 32.0 Å². The van der Waals surface area contributed by atoms with Crippen molar-refractivity contribution in [3.8, 4) is 0 Å². The lowest BCUT2D eigenvalue weighted by Crippen LogP contribution is -2.50. The first-order chi connectivity index (χ1) is 58.9. The normalized spacial score (nSPS) is 10.9. The summed E-state index contributed by atoms with van der Waals surface area (Å²) in [5, 5.41) is 15.1. The van der Waals surface area contributed by atoms with Crippen LogP contribution < -0.4 is 111 Å². The van der Waals surface area contributed by atoms with E-state index in [1.54, 1.807) is 0 Å². The lowest BCUT2D eigenvalue weighted by atomic mass is 10.3. The lowest BCUT2D eigenvalue weighted by Gasteiger charge is -2.26. The summed E-state index contributed by atoms with van der Waals surface area (Å²) in [5.74, 6) is -12.2. The number of carbonyl (C=O) groups is 13. The van der Waals surface area contributed by atoms with E-state index in [1.165, 1.54) is 42.8 Å². The standard InChI is InChI=1S/C69H94N32O23/c1-41-25-99(68(121)88-61(41)115)36-56(112)94(31-50(106)76-7-16-90(27-46(74)102)58(114)38-101-40-82-59-60(101)86-64(75)87-63(59)117)19-10-79-48(104)29-91(53(109)33-96-13-3-43(71)83-65(96)118)17-8-77-47(103)28-92(54(110)34-97-14-4-44(72)84-66(97)119)18-9-78-51(107)32-95(57(113)37-100-26-42(2)62(116)89-69(100)122)20-11-80-49(105)30-93(55(111)35-98-15-5-45(73)85-67(98)120)21-12-81-52(108)39-124-24-23-123-22-6-70/h3-5,13-15,25-26,40H,6-12,16-24,27-39,70H2,1-2H3,(H2,74,102)(H,76,106)(H,77,103)(H,78,107)(H,79,104)(H,80,105)(H,81,108)(H2,71,83,118)(H2,72,84,119)(H2,73,85,120)(H,88,115,121)(H,89,116,122)(H3,75,86,87,117). The van der Waals surface area contributed by atoms with Crippen molar-refractivity contribution in [3.63, 3.8) is 0 Å². The molecule has 0 radical (unpaired) electrons. The highest BCUT2D eigenvalue weighted by molar-refractivity contribution is 5.89. The average molecular weight is 1740 g/mol. The van der Waals surface area contributed by atoms with Gasteiger partial charge in [-0.2, -0.15) is 19.9 Å². The number of aromatic nitrogens is 14. The number of nitrogen functional groups attached to an aromatic ring is 4. The van der Waals surface area contributed by atoms with Crippen molar-refractivity contribution in [1.29, 1.82) is 0 Å². The third kappa shape index (κ3) is 30.7. The van der Waals surface area contributed by atoms with Gasteiger partial charge >= 0.3 is 28.4 Å². The Labute approximate surface area is 697 Å². The number of primary amides is 1. The molecule has 0 aromatic carbocycles. The van der Waals surface area contributed by atoms with Crippen LogP contribution in [0.3, 0.4) is 0 Å². The number of imidazole rings is 1. The highest BCUT2D eigenvalue weighted by atomic mass is 16.5. The molecule has 0 saturated heterocycles. The molecule has 0 unspecified atom stereocenters. The molecule has 55 nitrogen and oxygen atoms in total. The van der Waals surface area contributed by atoms with Crippen LogP contribution in [0.25, 0.3) is 11.2 Å². The third-order valence-corrected chi connectivity index (χ3v) is 17.6. The Hall–Kier alpha value is -15.5. The van der Waals surface area contributed by atoms with Crippen LogP contribution in [0.1, 0.15) is 11.1 Å². The highest BCUT2D eigenvalue weighted by Gasteiger charge is 2.28. The molecule has 0 aliphatic carbocycles. The Morgan fingerprint density at radius 2 is 0.694 bits per heavy atom. The summed E-state index contributed by atoms with van der Waals surface area (Å²) >= 11 is 0. The fourth-order valence-electron chi connectivity index (χ4n) is 11.3. The van der Waals surface area contributed by atoms with Gasteiger partial charge in [0.05, 0.1) is 65.4 Å². The molecule has 0 fully saturated rings. The van der Waals surface area contributed by atoms with Crippen molar-refractivity contribution >= 4 is 111 Å². The second-order valence-corrected chi connectivity index (χ2v) is 27.1. The number of rotatable bonds is 49. The van der Waals surface area contributed by atoms with Gasteiger partial charge in [-0.15, -0.1) is 0 Å². The fourth-order valence-corrected chi connectivity index (χ4v) is 11.3. The Bertz CT molecular complexity index is 5590. The van der Waals surface area contributed by atoms with Gasteiger partial charge in [-0.1, -0.05) is 0 Å². The van der Waals surface area contributed by atoms with E-state index in [1.807, 2.05) is 0 Å². The van der Waals surface area contributed by atoms with Gasteiger partial charge in [-0.3, -0.25) is 115 Å². The van der Waals surface area contributed by atoms with Gasteiger partial charge in [0.15, 0.2) is 11.2 Å². The van der Waals surface area contributed by atoms with Crippen molar-refractivity contribution in [2.45, 2.75) is 53.1 Å². The maximum absolute atomic E-state index is 14.1. The van der Waals surface area contributed by atoms with E-state index in [2.05, 4.69) is 71.8 Å². The molecular weight excluding hydrogens is 1640 g/mol. The summed E-state index contributed by atoms with van der Waals surface area (Å²) < 4.78 is 16.0. The summed E-state index contributed by atoms with van der Waals surface area (Å²) in [6, 6.07) is 3.65. The molecule has 7 aromatic heterocycles. The Kier molecular flexibility index (Phi) is 36.1. The van der Waals surface area contributed by atoms with Crippen LogP contribution in [0.2, 0.25) is 0 Å². The zero-order chi connectivity index (χ0) is 90.9. The molecule has 0 spiro atoms. The van der Waals surface area contributed by atoms with E-state index in [9.17, 15) is 101 Å². The number of nitrogens with one attached hydrogen (secondary N) is 9. The summed E-state index contributed by atoms with van der Waals surface area (Å²) in [7, 11) is 0. The van der Waals surface area contributed by atoms with Crippen molar-refractivity contribution in [3.05, 3.63) is 150 Å². The number of carbonyl (C=O) groups excluding carboxylic acids is 13. The minimum atomic E-state index is -1.01. The van der Waals surface area contributed by atoms with E-state index >= 15 is 0 Å². The molecule has 0 aliphatic rings. The number of hydrogen-bond donors (Lipinski definition) is 15. The van der Waals surface area contributed by atoms with Gasteiger partial charge in [0, 0.05) is 127 Å². The number of amides is 13. The maximum Gasteiger partial charge on any atom is 0.349 e. The van der Waals surface area contributed by atoms with E-state index in [4.69, 9.17) is 43.9 Å². The monoisotopic (exact) mass is 1740 g/mol. The van der Waals surface area contributed by atoms with Crippen molar-refractivity contribution < 1.29 is 71.8 Å². The maximum atomic E-state index is 14.1. The van der Waals surface area contributed by atoms with Gasteiger partial charge in [0.2, 0.25) is 82.7 Å². The third-order valence-electron chi connectivity index (χ3n) is 17.6. The van der Waals surface area contributed by atoms with Crippen LogP contribution in [0.5, 0.6) is 0 Å². The van der Waals surface area contributed by atoms with Crippen molar-refractivity contribution in [2.75, 3.05) is 174 Å². The molecular formula is C69H94N32O23. The minimum Gasteiger partial charge on any atom is -0.383 e. The fraction of sp³-hybridized carbons (Fsp3) is 0.449. The first kappa shape index (κ1) is 95.7. The average Bonchev–Trinajstić information content (AvgIpc) is 1.41. The molecule has 7 heterocycles. The first-order valence-electron chi connectivity index (χ1n) is 37.6. The molecule has 0 atom stereocenters. The summed E-state index contributed by atoms with van der Waals surface area (Å²) in [6.45, 7) is -10.9. The number of anilines is 4. The number of nitrogens with two attached hydrogens (primary N) is 6. The number of ether oxygens (including phenoxy) is 2. The molecule has 7 rings (SSSR count). The van der Waals surface area contributed by atoms with Gasteiger partial charge in [0.25, 0.3) is 16.7 Å². The SMILES string of the molecule is Cc1cn(CC(=O)N(CCNC(=O)CN(CCNC(=O)CN(CCNC(=O)CN(CCNC(=O)CN(CCNC(=O)COCCOCCN)C(=O)Cn2ccc(N)nc2=O)C(=O)Cn2cc(C)c(=O)[nH]c2=O)C(=O)Cn2ccc(N)nc2=O)C(=O)Cn2ccc(N)nc2=O)CC(=O)NCCN(CC(N)=O)C(=O)Cn2cnc3c(=O)[nH]c(N)nc32)c(=O)[nH]c1=O. The zero-order valence-electron chi connectivity index (χ0n) is 67.2. The molecule has 668 valence electrons. The molecule has 21 N–H and O–H groups in total. The largest absolute Gasteiger partial charge is 0.383 e. The van der Waals surface area contributed by atoms with Gasteiger partial charge in [0.1, 0.15) is 63.3 Å². The van der Waals surface area contributed by atoms with Crippen LogP contribution in [0.15, 0.2) is 93.9 Å². The number of H-pyrrole nitrogens is 3. The topological polar surface area (TPSA) is 766 Å².